The van der Waals surface area contributed by atoms with Crippen LogP contribution in [0.3, 0.4) is 0 Å². The molecule has 0 saturated carbocycles. The lowest BCUT2D eigenvalue weighted by Crippen LogP contribution is -2.36. The van der Waals surface area contributed by atoms with E-state index >= 15 is 0 Å². The maximum atomic E-state index is 12.3. The Kier molecular flexibility index (Phi) is 6.18. The Labute approximate surface area is 122 Å². The zero-order valence-corrected chi connectivity index (χ0v) is 12.7. The largest absolute Gasteiger partial charge is 0.468 e. The molecule has 0 fully saturated rings. The zero-order valence-electron chi connectivity index (χ0n) is 11.1. The van der Waals surface area contributed by atoms with Gasteiger partial charge in [-0.2, -0.15) is 0 Å². The van der Waals surface area contributed by atoms with Crippen LogP contribution in [0.2, 0.25) is 5.02 Å². The predicted molar refractivity (Wildman–Crippen MR) is 76.8 cm³/mol. The highest BCUT2D eigenvalue weighted by molar-refractivity contribution is 7.98. The number of methoxy groups -OCH3 is 1. The van der Waals surface area contributed by atoms with Crippen LogP contribution in [0.25, 0.3) is 0 Å². The van der Waals surface area contributed by atoms with Gasteiger partial charge in [0.2, 0.25) is 0 Å². The van der Waals surface area contributed by atoms with Gasteiger partial charge in [0, 0.05) is 11.4 Å². The number of halogens is 1. The summed E-state index contributed by atoms with van der Waals surface area (Å²) in [6, 6.07) is 5.27. The Morgan fingerprint density at radius 2 is 2.11 bits per heavy atom. The lowest BCUT2D eigenvalue weighted by molar-refractivity contribution is -0.141. The van der Waals surface area contributed by atoms with Gasteiger partial charge in [-0.15, -0.1) is 11.8 Å². The van der Waals surface area contributed by atoms with Crippen LogP contribution in [0.15, 0.2) is 23.1 Å². The average Bonchev–Trinajstić information content (AvgIpc) is 2.44. The summed E-state index contributed by atoms with van der Waals surface area (Å²) in [7, 11) is 1.29. The molecule has 6 heteroatoms. The molecule has 0 heterocycles. The third kappa shape index (κ3) is 4.14. The molecule has 1 aromatic rings. The highest BCUT2D eigenvalue weighted by atomic mass is 35.5. The number of carbonyl (C=O) groups is 2. The number of hydrogen-bond acceptors (Lipinski definition) is 4. The Balaban J connectivity index is 2.99. The monoisotopic (exact) mass is 301 g/mol. The first-order valence-electron chi connectivity index (χ1n) is 5.73. The molecule has 0 spiro atoms. The van der Waals surface area contributed by atoms with Crippen LogP contribution in [0.5, 0.6) is 0 Å². The second-order valence-corrected chi connectivity index (χ2v) is 5.03. The van der Waals surface area contributed by atoms with E-state index in [0.29, 0.717) is 17.1 Å². The van der Waals surface area contributed by atoms with Gasteiger partial charge in [0.1, 0.15) is 6.54 Å². The van der Waals surface area contributed by atoms with Gasteiger partial charge in [0.25, 0.3) is 5.91 Å². The fourth-order valence-corrected chi connectivity index (χ4v) is 2.15. The van der Waals surface area contributed by atoms with E-state index in [4.69, 9.17) is 11.6 Å². The maximum absolute atomic E-state index is 12.3. The molecule has 1 aromatic carbocycles. The number of likely N-dealkylation sites (N-methyl/N-ethyl adjacent to an activating group) is 1. The number of rotatable bonds is 5. The van der Waals surface area contributed by atoms with E-state index in [1.807, 2.05) is 12.3 Å². The number of nitrogens with zero attached hydrogens (tertiary/aromatic N) is 1. The zero-order chi connectivity index (χ0) is 14.4. The van der Waals surface area contributed by atoms with Gasteiger partial charge in [-0.05, 0) is 31.4 Å². The molecule has 4 nitrogen and oxygen atoms in total. The summed E-state index contributed by atoms with van der Waals surface area (Å²) in [5.41, 5.74) is 0.402. The molecule has 0 radical (unpaired) electrons. The first-order chi connectivity index (χ1) is 9.03. The molecule has 0 aromatic heterocycles. The number of esters is 1. The van der Waals surface area contributed by atoms with Crippen molar-refractivity contribution in [1.82, 2.24) is 4.90 Å². The number of benzene rings is 1. The number of thioether (sulfide) groups is 1. The van der Waals surface area contributed by atoms with Crippen LogP contribution in [0.4, 0.5) is 0 Å². The fraction of sp³-hybridized carbons (Fsp3) is 0.385. The fourth-order valence-electron chi connectivity index (χ4n) is 1.51. The van der Waals surface area contributed by atoms with Crippen LogP contribution in [-0.2, 0) is 9.53 Å². The first-order valence-corrected chi connectivity index (χ1v) is 7.33. The van der Waals surface area contributed by atoms with Crippen LogP contribution < -0.4 is 0 Å². The molecule has 1 amide bonds. The minimum Gasteiger partial charge on any atom is -0.468 e. The molecular weight excluding hydrogens is 286 g/mol. The van der Waals surface area contributed by atoms with E-state index in [9.17, 15) is 9.59 Å². The summed E-state index contributed by atoms with van der Waals surface area (Å²) in [5.74, 6) is -0.721. The lowest BCUT2D eigenvalue weighted by atomic mass is 10.2. The van der Waals surface area contributed by atoms with Gasteiger partial charge in [0.05, 0.1) is 17.7 Å². The van der Waals surface area contributed by atoms with Crippen LogP contribution in [0, 0.1) is 0 Å². The number of ether oxygens (including phenoxy) is 1. The van der Waals surface area contributed by atoms with E-state index < -0.39 is 5.97 Å². The minimum absolute atomic E-state index is 0.0777. The van der Waals surface area contributed by atoms with Gasteiger partial charge >= 0.3 is 5.97 Å². The van der Waals surface area contributed by atoms with Crippen molar-refractivity contribution in [2.24, 2.45) is 0 Å². The molecule has 0 atom stereocenters. The predicted octanol–water partition coefficient (Wildman–Crippen LogP) is 2.70. The van der Waals surface area contributed by atoms with Crippen LogP contribution in [-0.4, -0.2) is 43.2 Å². The standard InChI is InChI=1S/C13H16ClNO3S/c1-4-15(8-12(16)18-2)13(17)10-7-9(19-3)5-6-11(10)14/h5-7H,4,8H2,1-3H3. The van der Waals surface area contributed by atoms with Gasteiger partial charge in [-0.1, -0.05) is 11.6 Å². The summed E-state index contributed by atoms with van der Waals surface area (Å²) < 4.78 is 4.57. The molecule has 1 rings (SSSR count). The summed E-state index contributed by atoms with van der Waals surface area (Å²) in [4.78, 5) is 26.0. The van der Waals surface area contributed by atoms with E-state index in [0.717, 1.165) is 4.90 Å². The third-order valence-electron chi connectivity index (χ3n) is 2.62. The highest BCUT2D eigenvalue weighted by Crippen LogP contribution is 2.24. The molecule has 0 aliphatic carbocycles. The second kappa shape index (κ2) is 7.40. The van der Waals surface area contributed by atoms with E-state index in [-0.39, 0.29) is 12.5 Å². The van der Waals surface area contributed by atoms with Gasteiger partial charge in [0.15, 0.2) is 0 Å². The molecule has 0 N–H and O–H groups in total. The van der Waals surface area contributed by atoms with Crippen molar-refractivity contribution >= 4 is 35.2 Å². The minimum atomic E-state index is -0.452. The summed E-state index contributed by atoms with van der Waals surface area (Å²) >= 11 is 7.57. The van der Waals surface area contributed by atoms with Crippen molar-refractivity contribution < 1.29 is 14.3 Å². The Morgan fingerprint density at radius 1 is 1.42 bits per heavy atom. The number of amides is 1. The molecule has 0 aliphatic rings. The van der Waals surface area contributed by atoms with Gasteiger partial charge in [-0.25, -0.2) is 0 Å². The summed E-state index contributed by atoms with van der Waals surface area (Å²) in [5, 5.41) is 0.381. The van der Waals surface area contributed by atoms with Crippen molar-refractivity contribution in [2.45, 2.75) is 11.8 Å². The topological polar surface area (TPSA) is 46.6 Å². The van der Waals surface area contributed by atoms with Crippen molar-refractivity contribution in [2.75, 3.05) is 26.5 Å². The molecule has 0 bridgehead atoms. The van der Waals surface area contributed by atoms with Crippen molar-refractivity contribution in [3.05, 3.63) is 28.8 Å². The maximum Gasteiger partial charge on any atom is 0.325 e. The molecular formula is C13H16ClNO3S. The molecule has 19 heavy (non-hydrogen) atoms. The molecule has 0 unspecified atom stereocenters. The summed E-state index contributed by atoms with van der Waals surface area (Å²) in [6.07, 6.45) is 1.92. The van der Waals surface area contributed by atoms with E-state index in [2.05, 4.69) is 4.74 Å². The van der Waals surface area contributed by atoms with Crippen LogP contribution in [0.1, 0.15) is 17.3 Å². The lowest BCUT2D eigenvalue weighted by Gasteiger charge is -2.20. The van der Waals surface area contributed by atoms with Crippen LogP contribution >= 0.6 is 23.4 Å². The Morgan fingerprint density at radius 3 is 2.63 bits per heavy atom. The van der Waals surface area contributed by atoms with E-state index in [1.165, 1.54) is 23.8 Å². The highest BCUT2D eigenvalue weighted by Gasteiger charge is 2.20. The molecule has 0 aliphatic heterocycles. The normalized spacial score (nSPS) is 10.1. The van der Waals surface area contributed by atoms with Crippen molar-refractivity contribution in [3.8, 4) is 0 Å². The molecule has 0 saturated heterocycles. The number of hydrogen-bond donors (Lipinski definition) is 0. The number of carbonyl (C=O) groups excluding carboxylic acids is 2. The quantitative estimate of drug-likeness (QED) is 0.620. The van der Waals surface area contributed by atoms with Gasteiger partial charge < -0.3 is 9.64 Å². The second-order valence-electron chi connectivity index (χ2n) is 3.74. The third-order valence-corrected chi connectivity index (χ3v) is 3.68. The molecule has 104 valence electrons. The summed E-state index contributed by atoms with van der Waals surface area (Å²) in [6.45, 7) is 2.13. The first kappa shape index (κ1) is 15.9. The SMILES string of the molecule is CCN(CC(=O)OC)C(=O)c1cc(SC)ccc1Cl. The smallest absolute Gasteiger partial charge is 0.325 e. The average molecular weight is 302 g/mol. The Hall–Kier alpha value is -1.20. The van der Waals surface area contributed by atoms with Crippen molar-refractivity contribution in [3.63, 3.8) is 0 Å². The Bertz CT molecular complexity index is 479. The van der Waals surface area contributed by atoms with E-state index in [1.54, 1.807) is 19.1 Å². The van der Waals surface area contributed by atoms with Crippen molar-refractivity contribution in [1.29, 1.82) is 0 Å². The van der Waals surface area contributed by atoms with Gasteiger partial charge in [-0.3, -0.25) is 9.59 Å².